The Labute approximate surface area is 140 Å². The van der Waals surface area contributed by atoms with Gasteiger partial charge in [0.15, 0.2) is 0 Å². The third kappa shape index (κ3) is 8.46. The number of carbonyl (C=O) groups excluding carboxylic acids is 2. The summed E-state index contributed by atoms with van der Waals surface area (Å²) in [5.74, 6) is -0.889. The van der Waals surface area contributed by atoms with E-state index < -0.39 is 34.4 Å². The van der Waals surface area contributed by atoms with Crippen molar-refractivity contribution in [2.75, 3.05) is 19.4 Å². The fraction of sp³-hybridized carbons (Fsp3) is 0.429. The summed E-state index contributed by atoms with van der Waals surface area (Å²) in [6, 6.07) is 6.75. The van der Waals surface area contributed by atoms with E-state index >= 15 is 0 Å². The smallest absolute Gasteiger partial charge is 0.249 e. The topological polar surface area (TPSA) is 148 Å². The van der Waals surface area contributed by atoms with Crippen molar-refractivity contribution < 1.29 is 27.9 Å². The molecule has 0 aliphatic carbocycles. The van der Waals surface area contributed by atoms with E-state index in [2.05, 4.69) is 10.0 Å². The standard InChI is InChI=1S/C14H21N3O6S/c1-24(21,22)17-6-7-23-11-4-2-10(3-5-11)9-16-14(20)12(18)8-13(15)19/h2-5,12,17-18H,6-9H2,1H3,(H2,15,19)(H,16,20). The molecule has 5 N–H and O–H groups in total. The summed E-state index contributed by atoms with van der Waals surface area (Å²) in [5, 5.41) is 11.9. The molecule has 1 rings (SSSR count). The van der Waals surface area contributed by atoms with Crippen LogP contribution < -0.4 is 20.5 Å². The van der Waals surface area contributed by atoms with Crippen molar-refractivity contribution in [2.24, 2.45) is 5.73 Å². The minimum atomic E-state index is -3.24. The van der Waals surface area contributed by atoms with Crippen molar-refractivity contribution in [2.45, 2.75) is 19.1 Å². The Morgan fingerprint density at radius 3 is 2.46 bits per heavy atom. The third-order valence-electron chi connectivity index (χ3n) is 2.82. The van der Waals surface area contributed by atoms with Gasteiger partial charge in [-0.25, -0.2) is 13.1 Å². The number of hydrogen-bond acceptors (Lipinski definition) is 6. The Morgan fingerprint density at radius 1 is 1.29 bits per heavy atom. The zero-order chi connectivity index (χ0) is 18.2. The second-order valence-electron chi connectivity index (χ2n) is 5.06. The van der Waals surface area contributed by atoms with E-state index in [0.29, 0.717) is 5.75 Å². The summed E-state index contributed by atoms with van der Waals surface area (Å²) in [4.78, 5) is 22.1. The molecule has 0 radical (unpaired) electrons. The highest BCUT2D eigenvalue weighted by Crippen LogP contribution is 2.12. The zero-order valence-corrected chi connectivity index (χ0v) is 14.0. The monoisotopic (exact) mass is 359 g/mol. The summed E-state index contributed by atoms with van der Waals surface area (Å²) in [5.41, 5.74) is 5.66. The second-order valence-corrected chi connectivity index (χ2v) is 6.90. The summed E-state index contributed by atoms with van der Waals surface area (Å²) >= 11 is 0. The van der Waals surface area contributed by atoms with Crippen molar-refractivity contribution in [3.63, 3.8) is 0 Å². The van der Waals surface area contributed by atoms with Crippen LogP contribution in [0.15, 0.2) is 24.3 Å². The van der Waals surface area contributed by atoms with Gasteiger partial charge in [0, 0.05) is 13.1 Å². The van der Waals surface area contributed by atoms with Crippen LogP contribution in [-0.4, -0.2) is 50.9 Å². The first-order valence-corrected chi connectivity index (χ1v) is 8.97. The average Bonchev–Trinajstić information content (AvgIpc) is 2.48. The Morgan fingerprint density at radius 2 is 1.92 bits per heavy atom. The molecule has 2 amide bonds. The Bertz CT molecular complexity index is 660. The number of ether oxygens (including phenoxy) is 1. The molecule has 0 saturated carbocycles. The molecular weight excluding hydrogens is 338 g/mol. The van der Waals surface area contributed by atoms with E-state index in [1.165, 1.54) is 0 Å². The van der Waals surface area contributed by atoms with Crippen molar-refractivity contribution >= 4 is 21.8 Å². The molecule has 24 heavy (non-hydrogen) atoms. The number of aliphatic hydroxyl groups is 1. The summed E-state index contributed by atoms with van der Waals surface area (Å²) < 4.78 is 29.4. The van der Waals surface area contributed by atoms with E-state index in [4.69, 9.17) is 10.5 Å². The maximum Gasteiger partial charge on any atom is 0.249 e. The lowest BCUT2D eigenvalue weighted by molar-refractivity contribution is -0.133. The molecule has 134 valence electrons. The molecular formula is C14H21N3O6S. The van der Waals surface area contributed by atoms with Gasteiger partial charge in [-0.1, -0.05) is 12.1 Å². The van der Waals surface area contributed by atoms with Gasteiger partial charge in [-0.05, 0) is 17.7 Å². The van der Waals surface area contributed by atoms with Gasteiger partial charge < -0.3 is 20.9 Å². The van der Waals surface area contributed by atoms with Crippen molar-refractivity contribution in [3.8, 4) is 5.75 Å². The molecule has 0 spiro atoms. The Hall–Kier alpha value is -2.17. The van der Waals surface area contributed by atoms with Crippen LogP contribution in [0.25, 0.3) is 0 Å². The van der Waals surface area contributed by atoms with E-state index in [1.807, 2.05) is 0 Å². The number of nitrogens with two attached hydrogens (primary N) is 1. The summed E-state index contributed by atoms with van der Waals surface area (Å²) in [6.45, 7) is 0.515. The second kappa shape index (κ2) is 9.21. The molecule has 1 atom stereocenters. The number of carbonyl (C=O) groups is 2. The summed E-state index contributed by atoms with van der Waals surface area (Å²) in [6.07, 6.45) is -0.830. The molecule has 1 unspecified atom stereocenters. The van der Waals surface area contributed by atoms with Crippen LogP contribution in [0.5, 0.6) is 5.75 Å². The van der Waals surface area contributed by atoms with Gasteiger partial charge in [-0.2, -0.15) is 0 Å². The fourth-order valence-corrected chi connectivity index (χ4v) is 2.14. The average molecular weight is 359 g/mol. The minimum Gasteiger partial charge on any atom is -0.492 e. The molecule has 0 aliphatic rings. The maximum atomic E-state index is 11.5. The first kappa shape index (κ1) is 19.9. The predicted octanol–water partition coefficient (Wildman–Crippen LogP) is -1.53. The fourth-order valence-electron chi connectivity index (χ4n) is 1.69. The SMILES string of the molecule is CS(=O)(=O)NCCOc1ccc(CNC(=O)C(O)CC(N)=O)cc1. The highest BCUT2D eigenvalue weighted by molar-refractivity contribution is 7.88. The van der Waals surface area contributed by atoms with Gasteiger partial charge in [-0.3, -0.25) is 9.59 Å². The first-order valence-electron chi connectivity index (χ1n) is 7.08. The van der Waals surface area contributed by atoms with Gasteiger partial charge in [0.2, 0.25) is 21.8 Å². The van der Waals surface area contributed by atoms with Crippen LogP contribution >= 0.6 is 0 Å². The lowest BCUT2D eigenvalue weighted by Crippen LogP contribution is -2.36. The summed E-state index contributed by atoms with van der Waals surface area (Å²) in [7, 11) is -3.24. The quantitative estimate of drug-likeness (QED) is 0.372. The molecule has 0 saturated heterocycles. The molecule has 0 aliphatic heterocycles. The number of sulfonamides is 1. The predicted molar refractivity (Wildman–Crippen MR) is 86.4 cm³/mol. The Kier molecular flexibility index (Phi) is 7.62. The highest BCUT2D eigenvalue weighted by atomic mass is 32.2. The van der Waals surface area contributed by atoms with E-state index in [1.54, 1.807) is 24.3 Å². The number of rotatable bonds is 10. The number of aliphatic hydroxyl groups excluding tert-OH is 1. The molecule has 0 heterocycles. The first-order chi connectivity index (χ1) is 11.2. The van der Waals surface area contributed by atoms with E-state index in [-0.39, 0.29) is 19.7 Å². The molecule has 9 nitrogen and oxygen atoms in total. The number of nitrogens with one attached hydrogen (secondary N) is 2. The third-order valence-corrected chi connectivity index (χ3v) is 3.55. The van der Waals surface area contributed by atoms with E-state index in [0.717, 1.165) is 11.8 Å². The van der Waals surface area contributed by atoms with Crippen LogP contribution in [0.4, 0.5) is 0 Å². The van der Waals surface area contributed by atoms with Crippen LogP contribution in [0, 0.1) is 0 Å². The number of amides is 2. The largest absolute Gasteiger partial charge is 0.492 e. The van der Waals surface area contributed by atoms with Crippen molar-refractivity contribution in [3.05, 3.63) is 29.8 Å². The number of primary amides is 1. The van der Waals surface area contributed by atoms with E-state index in [9.17, 15) is 23.1 Å². The van der Waals surface area contributed by atoms with Crippen molar-refractivity contribution in [1.29, 1.82) is 0 Å². The molecule has 1 aromatic carbocycles. The normalized spacial score (nSPS) is 12.4. The maximum absolute atomic E-state index is 11.5. The Balaban J connectivity index is 2.36. The van der Waals surface area contributed by atoms with Gasteiger partial charge in [-0.15, -0.1) is 0 Å². The number of benzene rings is 1. The van der Waals surface area contributed by atoms with Crippen LogP contribution in [0.3, 0.4) is 0 Å². The van der Waals surface area contributed by atoms with Crippen LogP contribution in [0.2, 0.25) is 0 Å². The van der Waals surface area contributed by atoms with Gasteiger partial charge >= 0.3 is 0 Å². The number of hydrogen-bond donors (Lipinski definition) is 4. The van der Waals surface area contributed by atoms with Crippen molar-refractivity contribution in [1.82, 2.24) is 10.0 Å². The molecule has 0 aromatic heterocycles. The minimum absolute atomic E-state index is 0.161. The molecule has 0 bridgehead atoms. The van der Waals surface area contributed by atoms with Gasteiger partial charge in [0.05, 0.1) is 12.7 Å². The van der Waals surface area contributed by atoms with Crippen LogP contribution in [-0.2, 0) is 26.2 Å². The van der Waals surface area contributed by atoms with Gasteiger partial charge in [0.25, 0.3) is 0 Å². The molecule has 10 heteroatoms. The lowest BCUT2D eigenvalue weighted by atomic mass is 10.2. The zero-order valence-electron chi connectivity index (χ0n) is 13.2. The highest BCUT2D eigenvalue weighted by Gasteiger charge is 2.16. The van der Waals surface area contributed by atoms with Gasteiger partial charge in [0.1, 0.15) is 18.5 Å². The van der Waals surface area contributed by atoms with Crippen LogP contribution in [0.1, 0.15) is 12.0 Å². The molecule has 0 fully saturated rings. The molecule has 1 aromatic rings. The lowest BCUT2D eigenvalue weighted by Gasteiger charge is -2.10.